The van der Waals surface area contributed by atoms with Gasteiger partial charge in [0.1, 0.15) is 11.6 Å². The number of alkyl halides is 1. The highest BCUT2D eigenvalue weighted by atomic mass is 32.1. The van der Waals surface area contributed by atoms with Crippen LogP contribution in [0.1, 0.15) is 24.8 Å². The Bertz CT molecular complexity index is 960. The molecule has 0 aliphatic heterocycles. The van der Waals surface area contributed by atoms with Crippen molar-refractivity contribution in [1.82, 2.24) is 20.3 Å². The fourth-order valence-electron chi connectivity index (χ4n) is 2.37. The summed E-state index contributed by atoms with van der Waals surface area (Å²) in [7, 11) is 1.84. The van der Waals surface area contributed by atoms with Crippen LogP contribution >= 0.6 is 11.3 Å². The maximum absolute atomic E-state index is 14.7. The topological polar surface area (TPSA) is 69.2 Å². The highest BCUT2D eigenvalue weighted by molar-refractivity contribution is 7.18. The molecular weight excluding hydrogens is 374 g/mol. The zero-order valence-electron chi connectivity index (χ0n) is 14.8. The first-order chi connectivity index (χ1) is 13.0. The van der Waals surface area contributed by atoms with Gasteiger partial charge in [0.15, 0.2) is 17.2 Å². The van der Waals surface area contributed by atoms with Crippen molar-refractivity contribution in [3.05, 3.63) is 35.4 Å². The average molecular weight is 392 g/mol. The normalized spacial score (nSPS) is 16.3. The first kappa shape index (κ1) is 18.0. The zero-order valence-corrected chi connectivity index (χ0v) is 15.6. The number of benzene rings is 1. The molecule has 6 nitrogen and oxygen atoms in total. The van der Waals surface area contributed by atoms with Gasteiger partial charge in [-0.3, -0.25) is 0 Å². The van der Waals surface area contributed by atoms with E-state index in [9.17, 15) is 8.78 Å². The monoisotopic (exact) mass is 392 g/mol. The maximum atomic E-state index is 14.7. The smallest absolute Gasteiger partial charge is 0.238 e. The fourth-order valence-corrected chi connectivity index (χ4v) is 3.51. The van der Waals surface area contributed by atoms with Crippen molar-refractivity contribution >= 4 is 21.6 Å². The minimum absolute atomic E-state index is 0.00632. The lowest BCUT2D eigenvalue weighted by Gasteiger charge is -2.11. The molecular formula is C18H18F2N4O2S. The molecule has 3 aromatic rings. The average Bonchev–Trinajstić information content (AvgIpc) is 3.27. The van der Waals surface area contributed by atoms with Gasteiger partial charge >= 0.3 is 0 Å². The molecule has 0 bridgehead atoms. The third-order valence-corrected chi connectivity index (χ3v) is 5.57. The Hall–Kier alpha value is -2.39. The Morgan fingerprint density at radius 1 is 1.26 bits per heavy atom. The standard InChI is InChI=1S/C18H18F2N4O2S/c1-10(21-2)9-25-13-7-23-14(8-22-13)26-12-4-3-11-16(15(12)19)27-17(24-11)18(20)5-6-18/h3-4,7-8,10,21H,5-6,9H2,1-2H3. The summed E-state index contributed by atoms with van der Waals surface area (Å²) in [5.74, 6) is -0.0973. The van der Waals surface area contributed by atoms with Crippen LogP contribution in [-0.2, 0) is 5.67 Å². The molecule has 0 saturated heterocycles. The summed E-state index contributed by atoms with van der Waals surface area (Å²) in [5.41, 5.74) is -0.958. The van der Waals surface area contributed by atoms with Crippen molar-refractivity contribution in [2.24, 2.45) is 0 Å². The van der Waals surface area contributed by atoms with E-state index in [1.165, 1.54) is 18.5 Å². The van der Waals surface area contributed by atoms with Gasteiger partial charge in [0.25, 0.3) is 0 Å². The van der Waals surface area contributed by atoms with E-state index in [0.717, 1.165) is 11.3 Å². The number of likely N-dealkylation sites (N-methyl/N-ethyl adjacent to an activating group) is 1. The van der Waals surface area contributed by atoms with Gasteiger partial charge in [-0.2, -0.15) is 0 Å². The van der Waals surface area contributed by atoms with Crippen molar-refractivity contribution in [3.63, 3.8) is 0 Å². The summed E-state index contributed by atoms with van der Waals surface area (Å²) in [5, 5.41) is 3.37. The molecule has 2 aromatic heterocycles. The minimum Gasteiger partial charge on any atom is -0.475 e. The highest BCUT2D eigenvalue weighted by Gasteiger charge is 2.48. The molecule has 1 fully saturated rings. The van der Waals surface area contributed by atoms with Crippen molar-refractivity contribution in [3.8, 4) is 17.5 Å². The third kappa shape index (κ3) is 3.70. The van der Waals surface area contributed by atoms with Gasteiger partial charge in [-0.1, -0.05) is 0 Å². The number of hydrogen-bond acceptors (Lipinski definition) is 7. The van der Waals surface area contributed by atoms with Crippen LogP contribution in [0.5, 0.6) is 17.5 Å². The SMILES string of the molecule is CNC(C)COc1cnc(Oc2ccc3nc(C4(F)CC4)sc3c2F)cn1. The van der Waals surface area contributed by atoms with Crippen LogP contribution in [0.4, 0.5) is 8.78 Å². The van der Waals surface area contributed by atoms with Crippen molar-refractivity contribution in [2.75, 3.05) is 13.7 Å². The van der Waals surface area contributed by atoms with Gasteiger partial charge in [0, 0.05) is 6.04 Å². The second kappa shape index (κ2) is 6.97. The lowest BCUT2D eigenvalue weighted by atomic mass is 10.3. The molecule has 0 radical (unpaired) electrons. The van der Waals surface area contributed by atoms with Crippen LogP contribution in [0, 0.1) is 5.82 Å². The summed E-state index contributed by atoms with van der Waals surface area (Å²) in [6, 6.07) is 3.25. The van der Waals surface area contributed by atoms with Gasteiger partial charge in [0.05, 0.1) is 22.6 Å². The molecule has 27 heavy (non-hydrogen) atoms. The van der Waals surface area contributed by atoms with Crippen molar-refractivity contribution in [1.29, 1.82) is 0 Å². The molecule has 4 rings (SSSR count). The van der Waals surface area contributed by atoms with E-state index in [4.69, 9.17) is 9.47 Å². The molecule has 142 valence electrons. The quantitative estimate of drug-likeness (QED) is 0.656. The van der Waals surface area contributed by atoms with Crippen LogP contribution in [0.25, 0.3) is 10.2 Å². The van der Waals surface area contributed by atoms with Crippen LogP contribution in [0.2, 0.25) is 0 Å². The first-order valence-electron chi connectivity index (χ1n) is 8.57. The second-order valence-electron chi connectivity index (χ2n) is 6.51. The first-order valence-corrected chi connectivity index (χ1v) is 9.38. The van der Waals surface area contributed by atoms with Crippen molar-refractivity contribution in [2.45, 2.75) is 31.5 Å². The van der Waals surface area contributed by atoms with Crippen LogP contribution in [0.15, 0.2) is 24.5 Å². The number of thiazole rings is 1. The maximum Gasteiger partial charge on any atom is 0.238 e. The predicted molar refractivity (Wildman–Crippen MR) is 97.7 cm³/mol. The fraction of sp³-hybridized carbons (Fsp3) is 0.389. The van der Waals surface area contributed by atoms with Gasteiger partial charge < -0.3 is 14.8 Å². The van der Waals surface area contributed by atoms with Gasteiger partial charge in [-0.25, -0.2) is 23.7 Å². The van der Waals surface area contributed by atoms with Crippen LogP contribution in [-0.4, -0.2) is 34.6 Å². The molecule has 1 unspecified atom stereocenters. The number of aromatic nitrogens is 3. The Balaban J connectivity index is 1.50. The Morgan fingerprint density at radius 3 is 2.67 bits per heavy atom. The summed E-state index contributed by atoms with van der Waals surface area (Å²) in [6.07, 6.45) is 3.66. The zero-order chi connectivity index (χ0) is 19.0. The van der Waals surface area contributed by atoms with E-state index in [1.807, 2.05) is 14.0 Å². The van der Waals surface area contributed by atoms with E-state index >= 15 is 0 Å². The Kier molecular flexibility index (Phi) is 4.65. The van der Waals surface area contributed by atoms with E-state index in [1.54, 1.807) is 6.07 Å². The molecule has 1 atom stereocenters. The second-order valence-corrected chi connectivity index (χ2v) is 7.50. The lowest BCUT2D eigenvalue weighted by Crippen LogP contribution is -2.28. The van der Waals surface area contributed by atoms with Gasteiger partial charge in [-0.15, -0.1) is 11.3 Å². The third-order valence-electron chi connectivity index (χ3n) is 4.33. The van der Waals surface area contributed by atoms with E-state index in [2.05, 4.69) is 20.3 Å². The number of halogens is 2. The number of ether oxygens (including phenoxy) is 2. The molecule has 1 aliphatic rings. The summed E-state index contributed by atoms with van der Waals surface area (Å²) >= 11 is 1.03. The number of nitrogens with zero attached hydrogens (tertiary/aromatic N) is 3. The largest absolute Gasteiger partial charge is 0.475 e. The molecule has 2 heterocycles. The molecule has 1 N–H and O–H groups in total. The Morgan fingerprint density at radius 2 is 2.00 bits per heavy atom. The van der Waals surface area contributed by atoms with Gasteiger partial charge in [0.2, 0.25) is 11.8 Å². The van der Waals surface area contributed by atoms with Crippen LogP contribution < -0.4 is 14.8 Å². The predicted octanol–water partition coefficient (Wildman–Crippen LogP) is 3.96. The highest BCUT2D eigenvalue weighted by Crippen LogP contribution is 2.52. The molecule has 1 saturated carbocycles. The number of fused-ring (bicyclic) bond motifs is 1. The molecule has 0 amide bonds. The van der Waals surface area contributed by atoms with Crippen LogP contribution in [0.3, 0.4) is 0 Å². The number of rotatable bonds is 7. The molecule has 1 aliphatic carbocycles. The Labute approximate surface area is 158 Å². The summed E-state index contributed by atoms with van der Waals surface area (Å²) in [6.45, 7) is 2.42. The lowest BCUT2D eigenvalue weighted by molar-refractivity contribution is 0.268. The molecule has 1 aromatic carbocycles. The summed E-state index contributed by atoms with van der Waals surface area (Å²) < 4.78 is 40.2. The molecule has 9 heteroatoms. The number of hydrogen-bond donors (Lipinski definition) is 1. The number of nitrogens with one attached hydrogen (secondary N) is 1. The molecule has 0 spiro atoms. The van der Waals surface area contributed by atoms with Gasteiger partial charge in [-0.05, 0) is 38.9 Å². The minimum atomic E-state index is -1.39. The van der Waals surface area contributed by atoms with E-state index in [-0.39, 0.29) is 22.4 Å². The van der Waals surface area contributed by atoms with E-state index in [0.29, 0.717) is 35.9 Å². The van der Waals surface area contributed by atoms with Crippen molar-refractivity contribution < 1.29 is 18.3 Å². The van der Waals surface area contributed by atoms with E-state index < -0.39 is 11.5 Å². The summed E-state index contributed by atoms with van der Waals surface area (Å²) in [4.78, 5) is 12.4.